The number of carbonyl (C=O) groups excluding carboxylic acids is 1. The van der Waals surface area contributed by atoms with Crippen LogP contribution in [0.15, 0.2) is 34.1 Å². The SMILES string of the molecule is CCOCCCN1C(=O)/C(=C/c2c(N3CCN(CCO)CC3)nc3ccccn3c2=O)SC1=S. The monoisotopic (exact) mass is 503 g/mol. The third-order valence-electron chi connectivity index (χ3n) is 5.86. The summed E-state index contributed by atoms with van der Waals surface area (Å²) >= 11 is 6.66. The summed E-state index contributed by atoms with van der Waals surface area (Å²) in [5.74, 6) is 0.379. The van der Waals surface area contributed by atoms with Gasteiger partial charge >= 0.3 is 0 Å². The number of nitrogens with zero attached hydrogens (tertiary/aromatic N) is 5. The standard InChI is InChI=1S/C23H29N5O4S2/c1-2-32-15-5-8-28-22(31)18(34-23(28)33)16-17-20(26-11-9-25(10-12-26)13-14-29)24-19-6-3-4-7-27(19)21(17)30/h3-4,6-7,16,29H,2,5,8-15H2,1H3/b18-16-. The quantitative estimate of drug-likeness (QED) is 0.310. The lowest BCUT2D eigenvalue weighted by molar-refractivity contribution is -0.122. The van der Waals surface area contributed by atoms with Gasteiger partial charge in [-0.2, -0.15) is 0 Å². The lowest BCUT2D eigenvalue weighted by Crippen LogP contribution is -2.48. The summed E-state index contributed by atoms with van der Waals surface area (Å²) in [6, 6.07) is 5.43. The van der Waals surface area contributed by atoms with Crippen molar-refractivity contribution >= 4 is 51.7 Å². The Morgan fingerprint density at radius 2 is 2.00 bits per heavy atom. The van der Waals surface area contributed by atoms with E-state index in [-0.39, 0.29) is 18.1 Å². The normalized spacial score (nSPS) is 18.6. The zero-order chi connectivity index (χ0) is 24.1. The first-order chi connectivity index (χ1) is 16.5. The molecule has 2 aliphatic rings. The molecule has 9 nitrogen and oxygen atoms in total. The van der Waals surface area contributed by atoms with Crippen LogP contribution in [0.3, 0.4) is 0 Å². The molecule has 0 spiro atoms. The van der Waals surface area contributed by atoms with E-state index in [1.807, 2.05) is 13.0 Å². The number of fused-ring (bicyclic) bond motifs is 1. The molecule has 2 aliphatic heterocycles. The number of hydrogen-bond donors (Lipinski definition) is 1. The number of anilines is 1. The number of thioether (sulfide) groups is 1. The van der Waals surface area contributed by atoms with Gasteiger partial charge in [-0.05, 0) is 31.6 Å². The van der Waals surface area contributed by atoms with E-state index in [2.05, 4.69) is 9.80 Å². The van der Waals surface area contributed by atoms with Gasteiger partial charge < -0.3 is 14.7 Å². The van der Waals surface area contributed by atoms with Crippen LogP contribution >= 0.6 is 24.0 Å². The van der Waals surface area contributed by atoms with Crippen LogP contribution in [0.4, 0.5) is 5.82 Å². The minimum Gasteiger partial charge on any atom is -0.395 e. The highest BCUT2D eigenvalue weighted by Gasteiger charge is 2.33. The van der Waals surface area contributed by atoms with E-state index in [0.717, 1.165) is 13.1 Å². The number of ether oxygens (including phenoxy) is 1. The largest absolute Gasteiger partial charge is 0.395 e. The number of aliphatic hydroxyl groups excluding tert-OH is 1. The Balaban J connectivity index is 1.66. The van der Waals surface area contributed by atoms with Crippen LogP contribution in [0.2, 0.25) is 0 Å². The van der Waals surface area contributed by atoms with E-state index in [1.54, 1.807) is 29.3 Å². The number of hydrogen-bond acceptors (Lipinski definition) is 9. The summed E-state index contributed by atoms with van der Waals surface area (Å²) in [7, 11) is 0. The van der Waals surface area contributed by atoms with Gasteiger partial charge in [-0.3, -0.25) is 23.8 Å². The number of aromatic nitrogens is 2. The van der Waals surface area contributed by atoms with Crippen molar-refractivity contribution in [3.63, 3.8) is 0 Å². The second-order valence-electron chi connectivity index (χ2n) is 8.02. The molecule has 0 atom stereocenters. The van der Waals surface area contributed by atoms with Crippen molar-refractivity contribution in [1.82, 2.24) is 19.2 Å². The number of aliphatic hydroxyl groups is 1. The lowest BCUT2D eigenvalue weighted by atomic mass is 10.2. The number of rotatable bonds is 9. The summed E-state index contributed by atoms with van der Waals surface area (Å²) in [6.07, 6.45) is 4.02. The zero-order valence-electron chi connectivity index (χ0n) is 19.2. The number of β-amino-alcohol motifs (C(OH)–C–C–N with tert-alkyl or cyclic N) is 1. The summed E-state index contributed by atoms with van der Waals surface area (Å²) in [6.45, 7) is 7.23. The van der Waals surface area contributed by atoms with Crippen LogP contribution in [0, 0.1) is 0 Å². The Bertz CT molecular complexity index is 1140. The van der Waals surface area contributed by atoms with Crippen LogP contribution < -0.4 is 10.5 Å². The first-order valence-corrected chi connectivity index (χ1v) is 12.7. The topological polar surface area (TPSA) is 90.6 Å². The maximum Gasteiger partial charge on any atom is 0.267 e. The Kier molecular flexibility index (Phi) is 8.32. The van der Waals surface area contributed by atoms with Gasteiger partial charge in [0.2, 0.25) is 0 Å². The molecule has 2 saturated heterocycles. The average Bonchev–Trinajstić information content (AvgIpc) is 3.11. The minimum absolute atomic E-state index is 0.118. The fourth-order valence-electron chi connectivity index (χ4n) is 4.08. The highest BCUT2D eigenvalue weighted by Crippen LogP contribution is 2.33. The molecule has 2 aromatic heterocycles. The summed E-state index contributed by atoms with van der Waals surface area (Å²) in [5, 5.41) is 9.23. The molecular weight excluding hydrogens is 474 g/mol. The predicted octanol–water partition coefficient (Wildman–Crippen LogP) is 1.44. The van der Waals surface area contributed by atoms with Gasteiger partial charge in [0, 0.05) is 58.7 Å². The maximum atomic E-state index is 13.5. The Morgan fingerprint density at radius 1 is 1.21 bits per heavy atom. The van der Waals surface area contributed by atoms with Gasteiger partial charge in [0.05, 0.1) is 17.1 Å². The molecule has 0 saturated carbocycles. The molecule has 4 heterocycles. The molecule has 1 amide bonds. The van der Waals surface area contributed by atoms with Crippen molar-refractivity contribution in [3.05, 3.63) is 45.2 Å². The lowest BCUT2D eigenvalue weighted by Gasteiger charge is -2.35. The predicted molar refractivity (Wildman–Crippen MR) is 138 cm³/mol. The van der Waals surface area contributed by atoms with Crippen molar-refractivity contribution < 1.29 is 14.6 Å². The summed E-state index contributed by atoms with van der Waals surface area (Å²) < 4.78 is 7.36. The van der Waals surface area contributed by atoms with Gasteiger partial charge in [0.1, 0.15) is 15.8 Å². The number of pyridine rings is 1. The maximum absolute atomic E-state index is 13.5. The Morgan fingerprint density at radius 3 is 2.74 bits per heavy atom. The van der Waals surface area contributed by atoms with Crippen molar-refractivity contribution in [2.75, 3.05) is 64.0 Å². The first kappa shape index (κ1) is 24.8. The van der Waals surface area contributed by atoms with Gasteiger partial charge in [-0.15, -0.1) is 0 Å². The molecule has 34 heavy (non-hydrogen) atoms. The molecule has 182 valence electrons. The number of piperazine rings is 1. The Hall–Kier alpha value is -2.31. The van der Waals surface area contributed by atoms with Crippen molar-refractivity contribution in [2.45, 2.75) is 13.3 Å². The second-order valence-corrected chi connectivity index (χ2v) is 9.69. The van der Waals surface area contributed by atoms with E-state index < -0.39 is 0 Å². The molecule has 0 bridgehead atoms. The van der Waals surface area contributed by atoms with E-state index in [9.17, 15) is 14.7 Å². The van der Waals surface area contributed by atoms with Gasteiger partial charge in [-0.1, -0.05) is 30.0 Å². The van der Waals surface area contributed by atoms with Crippen LogP contribution in [0.5, 0.6) is 0 Å². The highest BCUT2D eigenvalue weighted by atomic mass is 32.2. The molecule has 0 radical (unpaired) electrons. The average molecular weight is 504 g/mol. The van der Waals surface area contributed by atoms with E-state index in [0.29, 0.717) is 72.1 Å². The van der Waals surface area contributed by atoms with Gasteiger partial charge in [0.15, 0.2) is 0 Å². The van der Waals surface area contributed by atoms with Crippen LogP contribution in [0.1, 0.15) is 18.9 Å². The molecule has 1 N–H and O–H groups in total. The van der Waals surface area contributed by atoms with Gasteiger partial charge in [0.25, 0.3) is 11.5 Å². The molecule has 11 heteroatoms. The van der Waals surface area contributed by atoms with E-state index in [1.165, 1.54) is 16.2 Å². The number of thiocarbonyl (C=S) groups is 1. The van der Waals surface area contributed by atoms with Gasteiger partial charge in [-0.25, -0.2) is 4.98 Å². The second kappa shape index (κ2) is 11.4. The molecule has 2 fully saturated rings. The zero-order valence-corrected chi connectivity index (χ0v) is 20.8. The number of carbonyl (C=O) groups is 1. The van der Waals surface area contributed by atoms with Crippen LogP contribution in [0.25, 0.3) is 11.7 Å². The fourth-order valence-corrected chi connectivity index (χ4v) is 5.37. The summed E-state index contributed by atoms with van der Waals surface area (Å²) in [5.41, 5.74) is 0.718. The molecule has 0 unspecified atom stereocenters. The smallest absolute Gasteiger partial charge is 0.267 e. The number of amides is 1. The summed E-state index contributed by atoms with van der Waals surface area (Å²) in [4.78, 5) is 37.6. The van der Waals surface area contributed by atoms with Crippen LogP contribution in [-0.2, 0) is 9.53 Å². The minimum atomic E-state index is -0.222. The first-order valence-electron chi connectivity index (χ1n) is 11.5. The van der Waals surface area contributed by atoms with E-state index >= 15 is 0 Å². The Labute approximate surface area is 208 Å². The van der Waals surface area contributed by atoms with Crippen LogP contribution in [-0.4, -0.2) is 93.6 Å². The third kappa shape index (κ3) is 5.33. The fraction of sp³-hybridized carbons (Fsp3) is 0.478. The third-order valence-corrected chi connectivity index (χ3v) is 7.24. The molecule has 2 aromatic rings. The van der Waals surface area contributed by atoms with Crippen molar-refractivity contribution in [1.29, 1.82) is 0 Å². The van der Waals surface area contributed by atoms with E-state index in [4.69, 9.17) is 21.9 Å². The highest BCUT2D eigenvalue weighted by molar-refractivity contribution is 8.26. The molecule has 0 aliphatic carbocycles. The van der Waals surface area contributed by atoms with Crippen molar-refractivity contribution in [2.24, 2.45) is 0 Å². The molecule has 0 aromatic carbocycles. The molecular formula is C23H29N5O4S2. The van der Waals surface area contributed by atoms with Crippen molar-refractivity contribution in [3.8, 4) is 0 Å². The molecule has 4 rings (SSSR count).